The fourth-order valence-electron chi connectivity index (χ4n) is 1.73. The van der Waals surface area contributed by atoms with Crippen LogP contribution in [0.5, 0.6) is 0 Å². The Morgan fingerprint density at radius 3 is 2.64 bits per heavy atom. The van der Waals surface area contributed by atoms with Crippen LogP contribution in [0.1, 0.15) is 20.3 Å². The summed E-state index contributed by atoms with van der Waals surface area (Å²) < 4.78 is 0. The molecule has 0 bridgehead atoms. The maximum absolute atomic E-state index is 10.8. The highest BCUT2D eigenvalue weighted by atomic mass is 32.2. The predicted molar refractivity (Wildman–Crippen MR) is 59.8 cm³/mol. The van der Waals surface area contributed by atoms with Crippen LogP contribution in [0.4, 0.5) is 0 Å². The Hall–Kier alpha value is -0.220. The van der Waals surface area contributed by atoms with Crippen LogP contribution >= 0.6 is 11.8 Å². The summed E-state index contributed by atoms with van der Waals surface area (Å²) in [5.41, 5.74) is 0. The molecule has 0 radical (unpaired) electrons. The van der Waals surface area contributed by atoms with Gasteiger partial charge in [0.15, 0.2) is 0 Å². The van der Waals surface area contributed by atoms with Crippen molar-refractivity contribution < 1.29 is 9.90 Å². The molecule has 1 N–H and O–H groups in total. The van der Waals surface area contributed by atoms with E-state index in [0.717, 1.165) is 5.75 Å². The molecule has 1 aliphatic rings. The van der Waals surface area contributed by atoms with Crippen molar-refractivity contribution in [3.8, 4) is 0 Å². The van der Waals surface area contributed by atoms with Gasteiger partial charge in [-0.05, 0) is 26.1 Å². The van der Waals surface area contributed by atoms with E-state index in [-0.39, 0.29) is 12.0 Å². The number of carboxylic acids is 1. The Morgan fingerprint density at radius 2 is 2.21 bits per heavy atom. The van der Waals surface area contributed by atoms with Crippen LogP contribution in [-0.4, -0.2) is 46.6 Å². The van der Waals surface area contributed by atoms with Gasteiger partial charge < -0.3 is 5.11 Å². The molecule has 3 unspecified atom stereocenters. The maximum atomic E-state index is 10.8. The Labute approximate surface area is 89.9 Å². The van der Waals surface area contributed by atoms with Gasteiger partial charge in [-0.3, -0.25) is 9.69 Å². The van der Waals surface area contributed by atoms with Gasteiger partial charge >= 0.3 is 5.97 Å². The Kier molecular flexibility index (Phi) is 4.26. The third-order valence-corrected chi connectivity index (χ3v) is 4.38. The van der Waals surface area contributed by atoms with Gasteiger partial charge in [0, 0.05) is 17.8 Å². The van der Waals surface area contributed by atoms with Crippen LogP contribution in [-0.2, 0) is 4.79 Å². The summed E-state index contributed by atoms with van der Waals surface area (Å²) in [6, 6.07) is 0.688. The van der Waals surface area contributed by atoms with Gasteiger partial charge in [0.2, 0.25) is 0 Å². The van der Waals surface area contributed by atoms with Crippen molar-refractivity contribution in [1.82, 2.24) is 4.90 Å². The molecule has 0 aromatic heterocycles. The van der Waals surface area contributed by atoms with E-state index in [1.54, 1.807) is 6.92 Å². The second-order valence-corrected chi connectivity index (χ2v) is 5.20. The molecular weight excluding hydrogens is 198 g/mol. The van der Waals surface area contributed by atoms with Crippen molar-refractivity contribution in [3.63, 3.8) is 0 Å². The summed E-state index contributed by atoms with van der Waals surface area (Å²) in [4.78, 5) is 13.0. The summed E-state index contributed by atoms with van der Waals surface area (Å²) in [5.74, 6) is 1.37. The quantitative estimate of drug-likeness (QED) is 0.775. The van der Waals surface area contributed by atoms with Crippen LogP contribution in [0, 0.1) is 5.92 Å². The topological polar surface area (TPSA) is 40.5 Å². The number of thioether (sulfide) groups is 1. The van der Waals surface area contributed by atoms with Crippen molar-refractivity contribution >= 4 is 17.7 Å². The van der Waals surface area contributed by atoms with Gasteiger partial charge in [0.25, 0.3) is 0 Å². The number of hydrogen-bond acceptors (Lipinski definition) is 3. The van der Waals surface area contributed by atoms with Gasteiger partial charge in [-0.1, -0.05) is 6.92 Å². The first-order chi connectivity index (χ1) is 6.54. The maximum Gasteiger partial charge on any atom is 0.307 e. The summed E-state index contributed by atoms with van der Waals surface area (Å²) in [7, 11) is 2.04. The first-order valence-electron chi connectivity index (χ1n) is 5.06. The lowest BCUT2D eigenvalue weighted by molar-refractivity contribution is -0.143. The highest BCUT2D eigenvalue weighted by Gasteiger charge is 2.29. The molecule has 0 spiro atoms. The van der Waals surface area contributed by atoms with E-state index in [1.165, 1.54) is 12.2 Å². The molecule has 0 aromatic carbocycles. The molecule has 1 fully saturated rings. The normalized spacial score (nSPS) is 26.4. The Bertz CT molecular complexity index is 204. The average Bonchev–Trinajstić information content (AvgIpc) is 2.67. The molecule has 4 heteroatoms. The monoisotopic (exact) mass is 217 g/mol. The van der Waals surface area contributed by atoms with Crippen molar-refractivity contribution in [2.75, 3.05) is 18.6 Å². The van der Waals surface area contributed by atoms with Gasteiger partial charge in [0.1, 0.15) is 0 Å². The molecule has 1 saturated heterocycles. The van der Waals surface area contributed by atoms with Crippen molar-refractivity contribution in [1.29, 1.82) is 0 Å². The minimum absolute atomic E-state index is 0.121. The molecule has 14 heavy (non-hydrogen) atoms. The lowest BCUT2D eigenvalue weighted by atomic mass is 10.0. The zero-order chi connectivity index (χ0) is 10.7. The lowest BCUT2D eigenvalue weighted by Gasteiger charge is -2.32. The predicted octanol–water partition coefficient (Wildman–Crippen LogP) is 1.53. The Morgan fingerprint density at radius 1 is 1.57 bits per heavy atom. The van der Waals surface area contributed by atoms with E-state index in [4.69, 9.17) is 5.11 Å². The third-order valence-electron chi connectivity index (χ3n) is 3.24. The number of aliphatic carboxylic acids is 1. The summed E-state index contributed by atoms with van der Waals surface area (Å²) in [5, 5.41) is 8.91. The molecular formula is C10H19NO2S. The fraction of sp³-hybridized carbons (Fsp3) is 0.900. The van der Waals surface area contributed by atoms with E-state index in [1.807, 2.05) is 25.7 Å². The Balaban J connectivity index is 2.49. The molecule has 1 aliphatic heterocycles. The van der Waals surface area contributed by atoms with E-state index in [0.29, 0.717) is 6.04 Å². The fourth-order valence-corrected chi connectivity index (χ4v) is 3.01. The number of nitrogens with zero attached hydrogens (tertiary/aromatic N) is 1. The highest BCUT2D eigenvalue weighted by Crippen LogP contribution is 2.24. The zero-order valence-corrected chi connectivity index (χ0v) is 9.88. The first kappa shape index (κ1) is 11.9. The standard InChI is InChI=1S/C10H19NO2S/c1-7(10(12)13)8(2)11(3)9-4-5-14-6-9/h7-9H,4-6H2,1-3H3,(H,12,13). The van der Waals surface area contributed by atoms with Crippen molar-refractivity contribution in [3.05, 3.63) is 0 Å². The van der Waals surface area contributed by atoms with E-state index >= 15 is 0 Å². The van der Waals surface area contributed by atoms with E-state index < -0.39 is 5.97 Å². The number of rotatable bonds is 4. The third kappa shape index (κ3) is 2.64. The van der Waals surface area contributed by atoms with Gasteiger partial charge in [0.05, 0.1) is 5.92 Å². The summed E-state index contributed by atoms with van der Waals surface area (Å²) in [6.45, 7) is 3.79. The van der Waals surface area contributed by atoms with Crippen LogP contribution in [0.25, 0.3) is 0 Å². The molecule has 1 rings (SSSR count). The smallest absolute Gasteiger partial charge is 0.307 e. The molecule has 82 valence electrons. The van der Waals surface area contributed by atoms with Crippen LogP contribution in [0.3, 0.4) is 0 Å². The van der Waals surface area contributed by atoms with Crippen LogP contribution < -0.4 is 0 Å². The average molecular weight is 217 g/mol. The van der Waals surface area contributed by atoms with Crippen LogP contribution in [0.15, 0.2) is 0 Å². The summed E-state index contributed by atoms with van der Waals surface area (Å²) in [6.07, 6.45) is 1.19. The first-order valence-corrected chi connectivity index (χ1v) is 6.22. The molecule has 1 heterocycles. The van der Waals surface area contributed by atoms with Crippen molar-refractivity contribution in [2.45, 2.75) is 32.4 Å². The molecule has 0 saturated carbocycles. The number of hydrogen-bond donors (Lipinski definition) is 1. The van der Waals surface area contributed by atoms with E-state index in [2.05, 4.69) is 4.90 Å². The molecule has 3 nitrogen and oxygen atoms in total. The van der Waals surface area contributed by atoms with Crippen molar-refractivity contribution in [2.24, 2.45) is 5.92 Å². The van der Waals surface area contributed by atoms with Gasteiger partial charge in [-0.25, -0.2) is 0 Å². The molecule has 0 amide bonds. The minimum Gasteiger partial charge on any atom is -0.481 e. The van der Waals surface area contributed by atoms with E-state index in [9.17, 15) is 4.79 Å². The second kappa shape index (κ2) is 5.03. The van der Waals surface area contributed by atoms with Gasteiger partial charge in [-0.15, -0.1) is 0 Å². The highest BCUT2D eigenvalue weighted by molar-refractivity contribution is 7.99. The molecule has 0 aliphatic carbocycles. The SMILES string of the molecule is CC(C(=O)O)C(C)N(C)C1CCSC1. The lowest BCUT2D eigenvalue weighted by Crippen LogP contribution is -2.44. The molecule has 0 aromatic rings. The minimum atomic E-state index is -0.699. The largest absolute Gasteiger partial charge is 0.481 e. The van der Waals surface area contributed by atoms with Gasteiger partial charge in [-0.2, -0.15) is 11.8 Å². The zero-order valence-electron chi connectivity index (χ0n) is 9.06. The second-order valence-electron chi connectivity index (χ2n) is 4.05. The van der Waals surface area contributed by atoms with Crippen LogP contribution in [0.2, 0.25) is 0 Å². The summed E-state index contributed by atoms with van der Waals surface area (Å²) >= 11 is 1.96. The number of carboxylic acid groups (broad SMARTS) is 1. The molecule has 3 atom stereocenters. The number of carbonyl (C=O) groups is 1.